The molecular weight excluding hydrogens is 278 g/mol. The summed E-state index contributed by atoms with van der Waals surface area (Å²) in [5.74, 6) is 1.18. The molecule has 6 heteroatoms. The maximum absolute atomic E-state index is 6.03. The Kier molecular flexibility index (Phi) is 8.57. The third kappa shape index (κ3) is 6.08. The van der Waals surface area contributed by atoms with E-state index in [1.807, 2.05) is 19.9 Å². The summed E-state index contributed by atoms with van der Waals surface area (Å²) in [6.07, 6.45) is 9.75. The minimum atomic E-state index is -0.305. The van der Waals surface area contributed by atoms with Crippen LogP contribution in [0.5, 0.6) is 0 Å². The first-order valence-electron chi connectivity index (χ1n) is 7.69. The molecule has 3 N–H and O–H groups in total. The van der Waals surface area contributed by atoms with E-state index in [0.717, 1.165) is 31.4 Å². The summed E-state index contributed by atoms with van der Waals surface area (Å²) in [5.41, 5.74) is 9.74. The van der Waals surface area contributed by atoms with Crippen LogP contribution in [0.3, 0.4) is 0 Å². The van der Waals surface area contributed by atoms with Crippen molar-refractivity contribution < 1.29 is 4.52 Å². The largest absolute Gasteiger partial charge is 0.348 e. The molecule has 0 aliphatic carbocycles. The molecule has 0 fully saturated rings. The van der Waals surface area contributed by atoms with E-state index in [1.165, 1.54) is 0 Å². The van der Waals surface area contributed by atoms with Crippen molar-refractivity contribution >= 4 is 0 Å². The highest BCUT2D eigenvalue weighted by Crippen LogP contribution is 2.13. The van der Waals surface area contributed by atoms with Gasteiger partial charge in [0, 0.05) is 24.7 Å². The van der Waals surface area contributed by atoms with Crippen LogP contribution in [0.15, 0.2) is 35.4 Å². The number of hydrogen-bond acceptors (Lipinski definition) is 5. The van der Waals surface area contributed by atoms with Gasteiger partial charge in [-0.25, -0.2) is 4.98 Å². The fourth-order valence-electron chi connectivity index (χ4n) is 1.87. The van der Waals surface area contributed by atoms with Crippen molar-refractivity contribution in [1.82, 2.24) is 20.1 Å². The van der Waals surface area contributed by atoms with Gasteiger partial charge in [-0.3, -0.25) is 0 Å². The summed E-state index contributed by atoms with van der Waals surface area (Å²) in [6, 6.07) is -0.305. The van der Waals surface area contributed by atoms with Gasteiger partial charge in [-0.05, 0) is 25.3 Å². The average Bonchev–Trinajstić information content (AvgIpc) is 3.21. The molecule has 2 aromatic rings. The fraction of sp³-hybridized carbons (Fsp3) is 0.500. The normalized spacial score (nSPS) is 11.2. The van der Waals surface area contributed by atoms with E-state index in [9.17, 15) is 0 Å². The molecule has 0 amide bonds. The van der Waals surface area contributed by atoms with Crippen LogP contribution in [0.2, 0.25) is 0 Å². The second-order valence-electron chi connectivity index (χ2n) is 4.59. The number of nitrogens with zero attached hydrogens (tertiary/aromatic N) is 3. The molecule has 1 unspecified atom stereocenters. The highest BCUT2D eigenvalue weighted by molar-refractivity contribution is 5.02. The van der Waals surface area contributed by atoms with Crippen LogP contribution in [-0.4, -0.2) is 20.1 Å². The lowest BCUT2D eigenvalue weighted by molar-refractivity contribution is 0.349. The van der Waals surface area contributed by atoms with Gasteiger partial charge in [0.25, 0.3) is 0 Å². The van der Waals surface area contributed by atoms with Crippen LogP contribution >= 0.6 is 0 Å². The molecule has 22 heavy (non-hydrogen) atoms. The maximum atomic E-state index is 6.03. The van der Waals surface area contributed by atoms with Crippen molar-refractivity contribution in [1.29, 1.82) is 0 Å². The summed E-state index contributed by atoms with van der Waals surface area (Å²) < 4.78 is 5.20. The molecular formula is C16H25N5O. The second kappa shape index (κ2) is 10.5. The molecule has 0 aliphatic heterocycles. The lowest BCUT2D eigenvalue weighted by Crippen LogP contribution is -2.14. The van der Waals surface area contributed by atoms with Crippen LogP contribution in [0.4, 0.5) is 0 Å². The zero-order valence-electron chi connectivity index (χ0n) is 13.4. The summed E-state index contributed by atoms with van der Waals surface area (Å²) in [6.45, 7) is 7.53. The van der Waals surface area contributed by atoms with Gasteiger partial charge in [-0.1, -0.05) is 25.6 Å². The van der Waals surface area contributed by atoms with E-state index in [0.29, 0.717) is 18.1 Å². The third-order valence-electron chi connectivity index (χ3n) is 2.94. The molecule has 120 valence electrons. The van der Waals surface area contributed by atoms with Gasteiger partial charge in [0.2, 0.25) is 5.89 Å². The number of imidazole rings is 1. The van der Waals surface area contributed by atoms with Crippen LogP contribution < -0.4 is 5.73 Å². The van der Waals surface area contributed by atoms with Gasteiger partial charge in [0.05, 0.1) is 12.4 Å². The number of aromatic nitrogens is 4. The van der Waals surface area contributed by atoms with Crippen molar-refractivity contribution in [2.24, 2.45) is 5.73 Å². The standard InChI is InChI=1S/C14H19N5O.C2H6/c1-2-3-4-5-6-7-13-18-14(20-19-13)12(15)8-11-9-16-10-17-11;1-2/h3,9-10,12H,1,4-8,15H2,(H,16,17);1-2H3. The number of aryl methyl sites for hydroxylation is 1. The van der Waals surface area contributed by atoms with E-state index in [1.54, 1.807) is 12.5 Å². The Morgan fingerprint density at radius 3 is 2.95 bits per heavy atom. The topological polar surface area (TPSA) is 93.6 Å². The molecule has 0 bridgehead atoms. The van der Waals surface area contributed by atoms with Gasteiger partial charge in [0.15, 0.2) is 5.82 Å². The molecule has 0 aromatic carbocycles. The van der Waals surface area contributed by atoms with Gasteiger partial charge < -0.3 is 15.2 Å². The number of nitrogens with two attached hydrogens (primary N) is 1. The molecule has 2 aromatic heterocycles. The average molecular weight is 303 g/mol. The highest BCUT2D eigenvalue weighted by Gasteiger charge is 2.15. The molecule has 0 saturated carbocycles. The SMILES string of the molecule is C=C=CCCCCc1noc(C(N)Cc2cnc[nH]2)n1.CC. The van der Waals surface area contributed by atoms with Crippen LogP contribution in [0, 0.1) is 0 Å². The van der Waals surface area contributed by atoms with Crippen LogP contribution in [0.1, 0.15) is 56.6 Å². The number of rotatable bonds is 8. The number of H-pyrrole nitrogens is 1. The predicted molar refractivity (Wildman–Crippen MR) is 86.1 cm³/mol. The van der Waals surface area contributed by atoms with E-state index in [-0.39, 0.29) is 6.04 Å². The van der Waals surface area contributed by atoms with Crippen molar-refractivity contribution in [3.05, 3.63) is 48.3 Å². The van der Waals surface area contributed by atoms with Crippen molar-refractivity contribution in [2.45, 2.75) is 52.0 Å². The summed E-state index contributed by atoms with van der Waals surface area (Å²) in [7, 11) is 0. The number of nitrogens with one attached hydrogen (secondary N) is 1. The van der Waals surface area contributed by atoms with Crippen LogP contribution in [-0.2, 0) is 12.8 Å². The molecule has 2 heterocycles. The summed E-state index contributed by atoms with van der Waals surface area (Å²) in [5, 5.41) is 3.95. The first kappa shape index (κ1) is 17.9. The highest BCUT2D eigenvalue weighted by atomic mass is 16.5. The van der Waals surface area contributed by atoms with E-state index in [4.69, 9.17) is 10.3 Å². The van der Waals surface area contributed by atoms with Crippen LogP contribution in [0.25, 0.3) is 0 Å². The van der Waals surface area contributed by atoms with Crippen molar-refractivity contribution in [2.75, 3.05) is 0 Å². The van der Waals surface area contributed by atoms with E-state index in [2.05, 4.69) is 32.4 Å². The minimum Gasteiger partial charge on any atom is -0.348 e. The molecule has 0 radical (unpaired) electrons. The smallest absolute Gasteiger partial charge is 0.243 e. The molecule has 0 saturated heterocycles. The minimum absolute atomic E-state index is 0.305. The second-order valence-corrected chi connectivity index (χ2v) is 4.59. The predicted octanol–water partition coefficient (Wildman–Crippen LogP) is 3.12. The Morgan fingerprint density at radius 2 is 2.27 bits per heavy atom. The Labute approximate surface area is 131 Å². The Balaban J connectivity index is 0.00000116. The summed E-state index contributed by atoms with van der Waals surface area (Å²) in [4.78, 5) is 11.3. The first-order chi connectivity index (χ1) is 10.8. The van der Waals surface area contributed by atoms with Gasteiger partial charge in [-0.2, -0.15) is 4.98 Å². The van der Waals surface area contributed by atoms with E-state index < -0.39 is 0 Å². The van der Waals surface area contributed by atoms with Gasteiger partial charge in [0.1, 0.15) is 0 Å². The number of aromatic amines is 1. The lowest BCUT2D eigenvalue weighted by Gasteiger charge is -2.03. The first-order valence-corrected chi connectivity index (χ1v) is 7.69. The zero-order valence-corrected chi connectivity index (χ0v) is 13.4. The molecule has 1 atom stereocenters. The van der Waals surface area contributed by atoms with Crippen molar-refractivity contribution in [3.63, 3.8) is 0 Å². The van der Waals surface area contributed by atoms with Crippen molar-refractivity contribution in [3.8, 4) is 0 Å². The third-order valence-corrected chi connectivity index (χ3v) is 2.94. The Bertz CT molecular complexity index is 555. The Hall–Kier alpha value is -2.17. The number of unbranched alkanes of at least 4 members (excludes halogenated alkanes) is 2. The molecule has 2 rings (SSSR count). The Morgan fingerprint density at radius 1 is 1.45 bits per heavy atom. The lowest BCUT2D eigenvalue weighted by atomic mass is 10.1. The van der Waals surface area contributed by atoms with E-state index >= 15 is 0 Å². The molecule has 0 spiro atoms. The summed E-state index contributed by atoms with van der Waals surface area (Å²) >= 11 is 0. The molecule has 6 nitrogen and oxygen atoms in total. The monoisotopic (exact) mass is 303 g/mol. The maximum Gasteiger partial charge on any atom is 0.243 e. The van der Waals surface area contributed by atoms with Gasteiger partial charge >= 0.3 is 0 Å². The van der Waals surface area contributed by atoms with Gasteiger partial charge in [-0.15, -0.1) is 5.73 Å². The fourth-order valence-corrected chi connectivity index (χ4v) is 1.87. The molecule has 0 aliphatic rings. The zero-order chi connectivity index (χ0) is 16.2. The number of hydrogen-bond donors (Lipinski definition) is 2. The quantitative estimate of drug-likeness (QED) is 0.577. The number of allylic oxidation sites excluding steroid dienone is 1.